The van der Waals surface area contributed by atoms with Gasteiger partial charge in [0, 0.05) is 17.3 Å². The van der Waals surface area contributed by atoms with Crippen LogP contribution in [-0.2, 0) is 11.0 Å². The number of nitrogens with zero attached hydrogens (tertiary/aromatic N) is 3. The molecule has 0 saturated heterocycles. The second-order valence-electron chi connectivity index (χ2n) is 6.63. The normalized spacial score (nSPS) is 13.9. The number of hydrogen-bond donors (Lipinski definition) is 1. The fourth-order valence-corrected chi connectivity index (χ4v) is 3.84. The average Bonchev–Trinajstić information content (AvgIpc) is 2.85. The number of aryl methyl sites for hydroxylation is 1. The number of nitrogens with one attached hydrogen (secondary N) is 1. The van der Waals surface area contributed by atoms with Crippen molar-refractivity contribution in [2.75, 3.05) is 5.32 Å². The number of halogens is 3. The van der Waals surface area contributed by atoms with Crippen molar-refractivity contribution in [3.05, 3.63) is 71.5 Å². The first kappa shape index (κ1) is 20.1. The van der Waals surface area contributed by atoms with E-state index in [1.54, 1.807) is 18.5 Å². The number of benzene rings is 2. The molecule has 1 aromatic heterocycles. The number of carbonyl (C=O) groups excluding carboxylic acids is 1. The number of amides is 1. The van der Waals surface area contributed by atoms with Gasteiger partial charge >= 0.3 is 6.18 Å². The Hall–Kier alpha value is -3.20. The van der Waals surface area contributed by atoms with Crippen LogP contribution in [0.1, 0.15) is 23.1 Å². The van der Waals surface area contributed by atoms with Gasteiger partial charge in [-0.25, -0.2) is 9.97 Å². The molecule has 0 spiro atoms. The molecular weight excluding hydrogens is 413 g/mol. The maximum Gasteiger partial charge on any atom is 0.416 e. The zero-order chi connectivity index (χ0) is 21.3. The lowest BCUT2D eigenvalue weighted by Crippen LogP contribution is -2.15. The highest BCUT2D eigenvalue weighted by Crippen LogP contribution is 2.39. The molecule has 5 nitrogen and oxygen atoms in total. The standard InChI is InChI=1S/C21H15F3N4OS/c1-12-8-17-18(10-15(12)21(22,23)24)28-19(29)11-16(27-17)13-4-2-5-14(9-13)30-20-25-6-3-7-26-20/h2-10H,11H2,1H3,(H,28,29). The van der Waals surface area contributed by atoms with Gasteiger partial charge in [0.25, 0.3) is 0 Å². The minimum Gasteiger partial charge on any atom is -0.324 e. The first-order valence-electron chi connectivity index (χ1n) is 8.94. The summed E-state index contributed by atoms with van der Waals surface area (Å²) in [5, 5.41) is 3.12. The highest BCUT2D eigenvalue weighted by Gasteiger charge is 2.34. The average molecular weight is 428 g/mol. The van der Waals surface area contributed by atoms with Crippen molar-refractivity contribution in [1.82, 2.24) is 9.97 Å². The number of aliphatic imine (C=N–C) groups is 1. The van der Waals surface area contributed by atoms with E-state index >= 15 is 0 Å². The Morgan fingerprint density at radius 3 is 2.57 bits per heavy atom. The van der Waals surface area contributed by atoms with E-state index < -0.39 is 17.6 Å². The van der Waals surface area contributed by atoms with Crippen LogP contribution in [0.4, 0.5) is 24.5 Å². The fourth-order valence-electron chi connectivity index (χ4n) is 3.07. The van der Waals surface area contributed by atoms with Gasteiger partial charge < -0.3 is 5.32 Å². The summed E-state index contributed by atoms with van der Waals surface area (Å²) in [6.07, 6.45) is -1.26. The van der Waals surface area contributed by atoms with Crippen molar-refractivity contribution in [3.8, 4) is 0 Å². The van der Waals surface area contributed by atoms with E-state index in [-0.39, 0.29) is 17.7 Å². The molecule has 0 aliphatic carbocycles. The molecule has 30 heavy (non-hydrogen) atoms. The van der Waals surface area contributed by atoms with Gasteiger partial charge in [0.15, 0.2) is 5.16 Å². The molecule has 0 bridgehead atoms. The molecule has 1 N–H and O–H groups in total. The molecule has 0 atom stereocenters. The first-order chi connectivity index (χ1) is 14.3. The number of carbonyl (C=O) groups is 1. The highest BCUT2D eigenvalue weighted by atomic mass is 32.2. The molecule has 4 rings (SSSR count). The highest BCUT2D eigenvalue weighted by molar-refractivity contribution is 7.99. The lowest BCUT2D eigenvalue weighted by molar-refractivity contribution is -0.138. The molecule has 1 aliphatic rings. The molecule has 3 aromatic rings. The third-order valence-corrected chi connectivity index (χ3v) is 5.31. The zero-order valence-electron chi connectivity index (χ0n) is 15.7. The molecule has 1 aliphatic heterocycles. The number of anilines is 1. The molecule has 9 heteroatoms. The molecular formula is C21H15F3N4OS. The molecule has 2 aromatic carbocycles. The lowest BCUT2D eigenvalue weighted by atomic mass is 10.1. The van der Waals surface area contributed by atoms with Crippen molar-refractivity contribution >= 4 is 34.8 Å². The molecule has 0 radical (unpaired) electrons. The monoisotopic (exact) mass is 428 g/mol. The molecule has 1 amide bonds. The van der Waals surface area contributed by atoms with Crippen LogP contribution in [0.2, 0.25) is 0 Å². The van der Waals surface area contributed by atoms with Gasteiger partial charge in [-0.1, -0.05) is 12.1 Å². The summed E-state index contributed by atoms with van der Waals surface area (Å²) in [5.41, 5.74) is 0.785. The Morgan fingerprint density at radius 2 is 1.83 bits per heavy atom. The van der Waals surface area contributed by atoms with Gasteiger partial charge in [-0.15, -0.1) is 0 Å². The third-order valence-electron chi connectivity index (χ3n) is 4.42. The van der Waals surface area contributed by atoms with Gasteiger partial charge in [0.2, 0.25) is 5.91 Å². The summed E-state index contributed by atoms with van der Waals surface area (Å²) in [6.45, 7) is 1.38. The summed E-state index contributed by atoms with van der Waals surface area (Å²) in [6, 6.07) is 11.4. The number of fused-ring (bicyclic) bond motifs is 1. The van der Waals surface area contributed by atoms with Crippen LogP contribution in [0, 0.1) is 6.92 Å². The molecule has 152 valence electrons. The number of rotatable bonds is 3. The molecule has 0 unspecified atom stereocenters. The number of hydrogen-bond acceptors (Lipinski definition) is 5. The zero-order valence-corrected chi connectivity index (χ0v) is 16.5. The Balaban J connectivity index is 1.72. The molecule has 0 saturated carbocycles. The van der Waals surface area contributed by atoms with Gasteiger partial charge in [0.05, 0.1) is 29.1 Å². The van der Waals surface area contributed by atoms with E-state index in [2.05, 4.69) is 20.3 Å². The summed E-state index contributed by atoms with van der Waals surface area (Å²) in [4.78, 5) is 26.1. The number of aromatic nitrogens is 2. The van der Waals surface area contributed by atoms with Crippen LogP contribution in [0.15, 0.2) is 69.9 Å². The van der Waals surface area contributed by atoms with Crippen molar-refractivity contribution in [2.45, 2.75) is 29.6 Å². The predicted molar refractivity (Wildman–Crippen MR) is 108 cm³/mol. The largest absolute Gasteiger partial charge is 0.416 e. The van der Waals surface area contributed by atoms with E-state index in [0.29, 0.717) is 22.1 Å². The Bertz CT molecular complexity index is 1150. The maximum absolute atomic E-state index is 13.2. The third kappa shape index (κ3) is 4.35. The van der Waals surface area contributed by atoms with Crippen LogP contribution >= 0.6 is 11.8 Å². The fraction of sp³-hybridized carbons (Fsp3) is 0.143. The summed E-state index contributed by atoms with van der Waals surface area (Å²) in [7, 11) is 0. The predicted octanol–water partition coefficient (Wildman–Crippen LogP) is 5.42. The van der Waals surface area contributed by atoms with Gasteiger partial charge in [-0.2, -0.15) is 13.2 Å². The minimum atomic E-state index is -4.51. The summed E-state index contributed by atoms with van der Waals surface area (Å²) in [5.74, 6) is -0.422. The van der Waals surface area contributed by atoms with Crippen molar-refractivity contribution in [1.29, 1.82) is 0 Å². The van der Waals surface area contributed by atoms with Crippen LogP contribution in [0.25, 0.3) is 0 Å². The second kappa shape index (κ2) is 7.91. The van der Waals surface area contributed by atoms with Gasteiger partial charge in [0.1, 0.15) is 0 Å². The lowest BCUT2D eigenvalue weighted by Gasteiger charge is -2.13. The van der Waals surface area contributed by atoms with Crippen molar-refractivity contribution < 1.29 is 18.0 Å². The van der Waals surface area contributed by atoms with E-state index in [0.717, 1.165) is 11.0 Å². The summed E-state index contributed by atoms with van der Waals surface area (Å²) >= 11 is 1.36. The van der Waals surface area contributed by atoms with E-state index in [9.17, 15) is 18.0 Å². The van der Waals surface area contributed by atoms with E-state index in [1.165, 1.54) is 24.8 Å². The topological polar surface area (TPSA) is 67.2 Å². The van der Waals surface area contributed by atoms with Gasteiger partial charge in [-0.3, -0.25) is 9.79 Å². The van der Waals surface area contributed by atoms with Crippen LogP contribution < -0.4 is 5.32 Å². The Kier molecular flexibility index (Phi) is 5.29. The van der Waals surface area contributed by atoms with Gasteiger partial charge in [-0.05, 0) is 60.1 Å². The molecule has 0 fully saturated rings. The smallest absolute Gasteiger partial charge is 0.324 e. The van der Waals surface area contributed by atoms with Crippen LogP contribution in [-0.4, -0.2) is 21.6 Å². The van der Waals surface area contributed by atoms with E-state index in [4.69, 9.17) is 0 Å². The second-order valence-corrected chi connectivity index (χ2v) is 7.67. The van der Waals surface area contributed by atoms with Crippen LogP contribution in [0.3, 0.4) is 0 Å². The quantitative estimate of drug-likeness (QED) is 0.566. The van der Waals surface area contributed by atoms with E-state index in [1.807, 2.05) is 24.3 Å². The SMILES string of the molecule is Cc1cc2c(cc1C(F)(F)F)NC(=O)CC(c1cccc(Sc3ncccn3)c1)=N2. The van der Waals surface area contributed by atoms with Crippen molar-refractivity contribution in [3.63, 3.8) is 0 Å². The number of alkyl halides is 3. The summed E-state index contributed by atoms with van der Waals surface area (Å²) < 4.78 is 39.7. The minimum absolute atomic E-state index is 0.0473. The molecule has 2 heterocycles. The van der Waals surface area contributed by atoms with Crippen LogP contribution in [0.5, 0.6) is 0 Å². The Labute approximate surface area is 174 Å². The van der Waals surface area contributed by atoms with Crippen molar-refractivity contribution in [2.24, 2.45) is 4.99 Å². The Morgan fingerprint density at radius 1 is 1.07 bits per heavy atom. The first-order valence-corrected chi connectivity index (χ1v) is 9.76. The maximum atomic E-state index is 13.2.